The van der Waals surface area contributed by atoms with E-state index in [4.69, 9.17) is 16.0 Å². The fraction of sp³-hybridized carbons (Fsp3) is 0.643. The molecule has 1 aromatic heterocycles. The fourth-order valence-electron chi connectivity index (χ4n) is 2.54. The Balaban J connectivity index is 2.00. The second-order valence-electron chi connectivity index (χ2n) is 5.92. The van der Waals surface area contributed by atoms with Crippen LogP contribution < -0.4 is 0 Å². The number of halogens is 1. The van der Waals surface area contributed by atoms with E-state index < -0.39 is 0 Å². The van der Waals surface area contributed by atoms with Crippen LogP contribution >= 0.6 is 11.6 Å². The van der Waals surface area contributed by atoms with E-state index in [1.807, 2.05) is 7.05 Å². The topological polar surface area (TPSA) is 33.5 Å². The van der Waals surface area contributed by atoms with Gasteiger partial charge in [-0.1, -0.05) is 13.8 Å². The second kappa shape index (κ2) is 4.96. The van der Waals surface area contributed by atoms with Crippen molar-refractivity contribution in [1.82, 2.24) is 4.90 Å². The van der Waals surface area contributed by atoms with Gasteiger partial charge in [0, 0.05) is 13.1 Å². The molecule has 1 saturated carbocycles. The Kier molecular flexibility index (Phi) is 3.71. The van der Waals surface area contributed by atoms with Crippen LogP contribution in [0.25, 0.3) is 0 Å². The van der Waals surface area contributed by atoms with Gasteiger partial charge in [0.15, 0.2) is 11.0 Å². The van der Waals surface area contributed by atoms with Gasteiger partial charge in [0.05, 0.1) is 0 Å². The Morgan fingerprint density at radius 3 is 2.50 bits per heavy atom. The summed E-state index contributed by atoms with van der Waals surface area (Å²) in [6, 6.07) is 3.55. The third kappa shape index (κ3) is 2.89. The molecule has 0 radical (unpaired) electrons. The summed E-state index contributed by atoms with van der Waals surface area (Å²) in [4.78, 5) is 14.0. The minimum Gasteiger partial charge on any atom is -0.440 e. The Hall–Kier alpha value is -0.960. The Bertz CT molecular complexity index is 429. The molecule has 0 spiro atoms. The molecule has 0 atom stereocenters. The molecule has 4 heteroatoms. The molecule has 1 fully saturated rings. The summed E-state index contributed by atoms with van der Waals surface area (Å²) in [5, 5.41) is 0.261. The number of furan rings is 1. The highest BCUT2D eigenvalue weighted by molar-refractivity contribution is 6.29. The highest BCUT2D eigenvalue weighted by Crippen LogP contribution is 2.36. The van der Waals surface area contributed by atoms with Gasteiger partial charge in [-0.15, -0.1) is 0 Å². The van der Waals surface area contributed by atoms with Gasteiger partial charge in [0.2, 0.25) is 0 Å². The molecule has 0 saturated heterocycles. The summed E-state index contributed by atoms with van der Waals surface area (Å²) < 4.78 is 5.17. The monoisotopic (exact) mass is 269 g/mol. The van der Waals surface area contributed by atoms with Crippen molar-refractivity contribution in [3.63, 3.8) is 0 Å². The van der Waals surface area contributed by atoms with Crippen LogP contribution in [0, 0.1) is 5.41 Å². The van der Waals surface area contributed by atoms with Crippen molar-refractivity contribution in [3.05, 3.63) is 23.1 Å². The molecule has 2 rings (SSSR count). The number of amides is 1. The molecular weight excluding hydrogens is 250 g/mol. The molecular formula is C14H20ClNO2. The molecule has 100 valence electrons. The van der Waals surface area contributed by atoms with Gasteiger partial charge >= 0.3 is 0 Å². The summed E-state index contributed by atoms with van der Waals surface area (Å²) in [6.45, 7) is 4.58. The summed E-state index contributed by atoms with van der Waals surface area (Å²) in [5.41, 5.74) is 0.411. The number of carbonyl (C=O) groups is 1. The smallest absolute Gasteiger partial charge is 0.289 e. The van der Waals surface area contributed by atoms with Crippen molar-refractivity contribution in [2.75, 3.05) is 7.05 Å². The van der Waals surface area contributed by atoms with Gasteiger partial charge < -0.3 is 9.32 Å². The van der Waals surface area contributed by atoms with Crippen LogP contribution in [0.15, 0.2) is 16.5 Å². The van der Waals surface area contributed by atoms with E-state index in [9.17, 15) is 4.79 Å². The lowest BCUT2D eigenvalue weighted by molar-refractivity contribution is 0.0605. The lowest BCUT2D eigenvalue weighted by Gasteiger charge is -2.38. The zero-order chi connectivity index (χ0) is 13.3. The molecule has 0 unspecified atom stereocenters. The van der Waals surface area contributed by atoms with Gasteiger partial charge in [-0.25, -0.2) is 0 Å². The van der Waals surface area contributed by atoms with Gasteiger partial charge in [-0.2, -0.15) is 0 Å². The van der Waals surface area contributed by atoms with Gasteiger partial charge in [-0.3, -0.25) is 4.79 Å². The number of rotatable bonds is 2. The van der Waals surface area contributed by atoms with Crippen LogP contribution in [0.5, 0.6) is 0 Å². The molecule has 1 aliphatic rings. The standard InChI is InChI=1S/C14H20ClNO2/c1-14(2)8-6-10(7-9-14)16(3)13(17)11-4-5-12(15)18-11/h4-5,10H,6-9H2,1-3H3. The first kappa shape index (κ1) is 13.5. The van der Waals surface area contributed by atoms with E-state index in [0.29, 0.717) is 17.2 Å². The number of hydrogen-bond donors (Lipinski definition) is 0. The quantitative estimate of drug-likeness (QED) is 0.814. The fourth-order valence-corrected chi connectivity index (χ4v) is 2.69. The molecule has 0 bridgehead atoms. The van der Waals surface area contributed by atoms with Crippen LogP contribution in [0.4, 0.5) is 0 Å². The predicted octanol–water partition coefficient (Wildman–Crippen LogP) is 3.97. The summed E-state index contributed by atoms with van der Waals surface area (Å²) in [7, 11) is 1.85. The first-order valence-corrected chi connectivity index (χ1v) is 6.79. The zero-order valence-corrected chi connectivity index (χ0v) is 12.0. The van der Waals surface area contributed by atoms with E-state index in [1.54, 1.807) is 17.0 Å². The SMILES string of the molecule is CN(C(=O)c1ccc(Cl)o1)C1CCC(C)(C)CC1. The van der Waals surface area contributed by atoms with Crippen LogP contribution in [0.1, 0.15) is 50.1 Å². The van der Waals surface area contributed by atoms with Crippen LogP contribution in [0.3, 0.4) is 0 Å². The molecule has 1 amide bonds. The largest absolute Gasteiger partial charge is 0.440 e. The first-order valence-electron chi connectivity index (χ1n) is 6.41. The van der Waals surface area contributed by atoms with Crippen LogP contribution in [-0.2, 0) is 0 Å². The maximum absolute atomic E-state index is 12.2. The van der Waals surface area contributed by atoms with Crippen LogP contribution in [0.2, 0.25) is 5.22 Å². The van der Waals surface area contributed by atoms with Gasteiger partial charge in [0.25, 0.3) is 5.91 Å². The van der Waals surface area contributed by atoms with E-state index in [0.717, 1.165) is 25.7 Å². The number of nitrogens with zero attached hydrogens (tertiary/aromatic N) is 1. The Labute approximate surface area is 113 Å². The maximum Gasteiger partial charge on any atom is 0.289 e. The lowest BCUT2D eigenvalue weighted by atomic mass is 9.75. The van der Waals surface area contributed by atoms with E-state index >= 15 is 0 Å². The van der Waals surface area contributed by atoms with Crippen LogP contribution in [-0.4, -0.2) is 23.9 Å². The number of hydrogen-bond acceptors (Lipinski definition) is 2. The van der Waals surface area contributed by atoms with Crippen molar-refractivity contribution < 1.29 is 9.21 Å². The van der Waals surface area contributed by atoms with E-state index in [2.05, 4.69) is 13.8 Å². The molecule has 18 heavy (non-hydrogen) atoms. The third-order valence-electron chi connectivity index (χ3n) is 3.96. The molecule has 0 N–H and O–H groups in total. The highest BCUT2D eigenvalue weighted by atomic mass is 35.5. The van der Waals surface area contributed by atoms with Crippen molar-refractivity contribution in [2.45, 2.75) is 45.6 Å². The minimum absolute atomic E-state index is 0.0772. The summed E-state index contributed by atoms with van der Waals surface area (Å²) in [5.74, 6) is 0.249. The zero-order valence-electron chi connectivity index (χ0n) is 11.2. The lowest BCUT2D eigenvalue weighted by Crippen LogP contribution is -2.40. The predicted molar refractivity (Wildman–Crippen MR) is 71.8 cm³/mol. The summed E-state index contributed by atoms with van der Waals surface area (Å²) >= 11 is 5.69. The van der Waals surface area contributed by atoms with E-state index in [-0.39, 0.29) is 11.1 Å². The first-order chi connectivity index (χ1) is 8.39. The molecule has 1 heterocycles. The van der Waals surface area contributed by atoms with Crippen molar-refractivity contribution in [3.8, 4) is 0 Å². The van der Waals surface area contributed by atoms with Gasteiger partial charge in [-0.05, 0) is 54.8 Å². The van der Waals surface area contributed by atoms with Crippen molar-refractivity contribution in [2.24, 2.45) is 5.41 Å². The van der Waals surface area contributed by atoms with Crippen molar-refractivity contribution >= 4 is 17.5 Å². The average Bonchev–Trinajstić information content (AvgIpc) is 2.74. The van der Waals surface area contributed by atoms with Gasteiger partial charge in [0.1, 0.15) is 0 Å². The summed E-state index contributed by atoms with van der Waals surface area (Å²) in [6.07, 6.45) is 4.44. The third-order valence-corrected chi connectivity index (χ3v) is 4.16. The Morgan fingerprint density at radius 2 is 2.00 bits per heavy atom. The highest BCUT2D eigenvalue weighted by Gasteiger charge is 2.31. The molecule has 1 aliphatic carbocycles. The second-order valence-corrected chi connectivity index (χ2v) is 6.29. The maximum atomic E-state index is 12.2. The molecule has 3 nitrogen and oxygen atoms in total. The molecule has 0 aromatic carbocycles. The Morgan fingerprint density at radius 1 is 1.39 bits per heavy atom. The van der Waals surface area contributed by atoms with E-state index in [1.165, 1.54) is 0 Å². The minimum atomic E-state index is -0.0772. The number of carbonyl (C=O) groups excluding carboxylic acids is 1. The van der Waals surface area contributed by atoms with Crippen molar-refractivity contribution in [1.29, 1.82) is 0 Å². The molecule has 1 aromatic rings. The normalized spacial score (nSPS) is 19.8. The average molecular weight is 270 g/mol. The molecule has 0 aliphatic heterocycles.